The van der Waals surface area contributed by atoms with Gasteiger partial charge in [-0.05, 0) is 64.6 Å². The maximum Gasteiger partial charge on any atom is 0.339 e. The molecule has 2 heterocycles. The molecule has 0 unspecified atom stereocenters. The molecule has 1 atom stereocenters. The maximum absolute atomic E-state index is 13.6. The van der Waals surface area contributed by atoms with Gasteiger partial charge in [-0.15, -0.1) is 0 Å². The number of carbonyl (C=O) groups is 2. The van der Waals surface area contributed by atoms with Crippen LogP contribution in [-0.4, -0.2) is 22.0 Å². The zero-order chi connectivity index (χ0) is 25.2. The van der Waals surface area contributed by atoms with Crippen LogP contribution in [0.3, 0.4) is 0 Å². The second kappa shape index (κ2) is 7.85. The summed E-state index contributed by atoms with van der Waals surface area (Å²) in [6.45, 7) is 4.26. The summed E-state index contributed by atoms with van der Waals surface area (Å²) in [4.78, 5) is 25.0. The molecular weight excluding hydrogens is 454 g/mol. The number of carboxylic acids is 1. The molecule has 6 heteroatoms. The zero-order valence-corrected chi connectivity index (χ0v) is 20.0. The number of hydrogen-bond donors (Lipinski definition) is 3. The highest BCUT2D eigenvalue weighted by Crippen LogP contribution is 2.52. The summed E-state index contributed by atoms with van der Waals surface area (Å²) in [5, 5.41) is 25.0. The molecule has 0 amide bonds. The lowest BCUT2D eigenvalue weighted by molar-refractivity contribution is -0.118. The quantitative estimate of drug-likeness (QED) is 0.298. The third-order valence-electron chi connectivity index (χ3n) is 7.16. The van der Waals surface area contributed by atoms with E-state index in [2.05, 4.69) is 43.4 Å². The molecule has 0 saturated heterocycles. The normalized spacial score (nSPS) is 18.5. The average Bonchev–Trinajstić information content (AvgIpc) is 3.32. The van der Waals surface area contributed by atoms with E-state index in [1.165, 1.54) is 12.1 Å². The van der Waals surface area contributed by atoms with Crippen LogP contribution in [0.25, 0.3) is 27.7 Å². The van der Waals surface area contributed by atoms with E-state index in [1.807, 2.05) is 18.2 Å². The maximum atomic E-state index is 13.6. The van der Waals surface area contributed by atoms with Gasteiger partial charge in [-0.1, -0.05) is 44.2 Å². The Labute approximate surface area is 207 Å². The fraction of sp³-hybridized carbons (Fsp3) is 0.200. The van der Waals surface area contributed by atoms with Crippen LogP contribution in [0.5, 0.6) is 5.75 Å². The molecule has 6 rings (SSSR count). The van der Waals surface area contributed by atoms with Crippen LogP contribution < -0.4 is 5.32 Å². The molecule has 36 heavy (non-hydrogen) atoms. The summed E-state index contributed by atoms with van der Waals surface area (Å²) in [6, 6.07) is 19.8. The molecule has 3 N–H and O–H groups in total. The summed E-state index contributed by atoms with van der Waals surface area (Å²) in [6.07, 6.45) is 1.23. The summed E-state index contributed by atoms with van der Waals surface area (Å²) < 4.78 is 6.21. The summed E-state index contributed by atoms with van der Waals surface area (Å²) in [5.41, 5.74) is 4.01. The monoisotopic (exact) mass is 479 g/mol. The molecule has 6 nitrogen and oxygen atoms in total. The van der Waals surface area contributed by atoms with Crippen LogP contribution in [-0.2, 0) is 4.79 Å². The summed E-state index contributed by atoms with van der Waals surface area (Å²) in [7, 11) is 0. The number of furan rings is 1. The number of allylic oxidation sites excluding steroid dienone is 1. The number of anilines is 1. The SMILES string of the molecule is CC1(C)CC(=O)C2=C(C1)c1c(ccc3ccccc13)N[C@H]2c1ccc(-c2ccc(O)c(C(=O)O)c2)o1. The predicted molar refractivity (Wildman–Crippen MR) is 138 cm³/mol. The molecule has 1 aliphatic carbocycles. The summed E-state index contributed by atoms with van der Waals surface area (Å²) in [5.74, 6) is -0.378. The van der Waals surface area contributed by atoms with Gasteiger partial charge in [0.15, 0.2) is 5.78 Å². The molecule has 0 fully saturated rings. The Bertz CT molecular complexity index is 1610. The minimum absolute atomic E-state index is 0.105. The molecule has 0 saturated carbocycles. The topological polar surface area (TPSA) is 99.8 Å². The third kappa shape index (κ3) is 3.49. The van der Waals surface area contributed by atoms with Gasteiger partial charge in [0.2, 0.25) is 0 Å². The minimum Gasteiger partial charge on any atom is -0.507 e. The van der Waals surface area contributed by atoms with Crippen LogP contribution >= 0.6 is 0 Å². The predicted octanol–water partition coefficient (Wildman–Crippen LogP) is 6.81. The second-order valence-corrected chi connectivity index (χ2v) is 10.4. The first kappa shape index (κ1) is 22.2. The molecule has 180 valence electrons. The number of benzene rings is 3. The van der Waals surface area contributed by atoms with E-state index in [0.717, 1.165) is 39.6 Å². The van der Waals surface area contributed by atoms with Crippen LogP contribution in [0.1, 0.15) is 54.4 Å². The Hall–Kier alpha value is -4.32. The lowest BCUT2D eigenvalue weighted by Crippen LogP contribution is -2.33. The van der Waals surface area contributed by atoms with Crippen LogP contribution in [0.2, 0.25) is 0 Å². The smallest absolute Gasteiger partial charge is 0.339 e. The fourth-order valence-corrected chi connectivity index (χ4v) is 5.57. The first-order valence-corrected chi connectivity index (χ1v) is 11.9. The highest BCUT2D eigenvalue weighted by atomic mass is 16.4. The van der Waals surface area contributed by atoms with E-state index in [-0.39, 0.29) is 22.5 Å². The van der Waals surface area contributed by atoms with Gasteiger partial charge in [-0.25, -0.2) is 4.79 Å². The van der Waals surface area contributed by atoms with Crippen molar-refractivity contribution in [1.29, 1.82) is 0 Å². The van der Waals surface area contributed by atoms with Crippen molar-refractivity contribution in [2.45, 2.75) is 32.7 Å². The molecule has 1 aliphatic heterocycles. The van der Waals surface area contributed by atoms with Gasteiger partial charge in [-0.3, -0.25) is 4.79 Å². The van der Waals surface area contributed by atoms with Gasteiger partial charge >= 0.3 is 5.97 Å². The highest BCUT2D eigenvalue weighted by Gasteiger charge is 2.41. The number of nitrogens with one attached hydrogen (secondary N) is 1. The van der Waals surface area contributed by atoms with Crippen LogP contribution in [0.15, 0.2) is 76.7 Å². The van der Waals surface area contributed by atoms with E-state index in [0.29, 0.717) is 23.5 Å². The lowest BCUT2D eigenvalue weighted by Gasteiger charge is -2.39. The molecule has 3 aromatic carbocycles. The highest BCUT2D eigenvalue weighted by molar-refractivity contribution is 6.12. The first-order chi connectivity index (χ1) is 17.2. The molecule has 0 spiro atoms. The summed E-state index contributed by atoms with van der Waals surface area (Å²) >= 11 is 0. The number of aromatic carboxylic acids is 1. The Morgan fingerprint density at radius 2 is 1.83 bits per heavy atom. The van der Waals surface area contributed by atoms with Gasteiger partial charge in [0, 0.05) is 28.8 Å². The Kier molecular flexibility index (Phi) is 4.83. The third-order valence-corrected chi connectivity index (χ3v) is 7.16. The van der Waals surface area contributed by atoms with E-state index in [9.17, 15) is 19.8 Å². The van der Waals surface area contributed by atoms with Gasteiger partial charge in [0.05, 0.1) is 0 Å². The van der Waals surface area contributed by atoms with E-state index in [1.54, 1.807) is 12.1 Å². The Morgan fingerprint density at radius 3 is 2.64 bits per heavy atom. The fourth-order valence-electron chi connectivity index (χ4n) is 5.57. The molecule has 1 aromatic heterocycles. The van der Waals surface area contributed by atoms with Crippen LogP contribution in [0.4, 0.5) is 5.69 Å². The van der Waals surface area contributed by atoms with E-state index < -0.39 is 12.0 Å². The standard InChI is InChI=1S/C30H25NO5/c1-30(2)14-20-26-18-6-4-3-5-16(18)7-9-21(26)31-28(27(20)23(33)15-30)25-12-11-24(36-25)17-8-10-22(32)19(13-17)29(34)35/h3-13,28,31-32H,14-15H2,1-2H3,(H,34,35)/t28-/m0/s1. The number of ketones is 1. The Balaban J connectivity index is 1.50. The number of hydrogen-bond acceptors (Lipinski definition) is 5. The van der Waals surface area contributed by atoms with Crippen molar-refractivity contribution in [1.82, 2.24) is 0 Å². The van der Waals surface area contributed by atoms with Crippen LogP contribution in [0, 0.1) is 5.41 Å². The molecular formula is C30H25NO5. The number of carbonyl (C=O) groups excluding carboxylic acids is 1. The molecule has 0 bridgehead atoms. The van der Waals surface area contributed by atoms with Crippen molar-refractivity contribution in [3.63, 3.8) is 0 Å². The van der Waals surface area contributed by atoms with Gasteiger partial charge < -0.3 is 19.9 Å². The second-order valence-electron chi connectivity index (χ2n) is 10.4. The number of Topliss-reactive ketones (excluding diaryl/α,β-unsaturated/α-hetero) is 1. The van der Waals surface area contributed by atoms with Gasteiger partial charge in [-0.2, -0.15) is 0 Å². The van der Waals surface area contributed by atoms with Crippen molar-refractivity contribution in [2.24, 2.45) is 5.41 Å². The van der Waals surface area contributed by atoms with E-state index >= 15 is 0 Å². The van der Waals surface area contributed by atoms with Crippen molar-refractivity contribution >= 4 is 33.8 Å². The van der Waals surface area contributed by atoms with Gasteiger partial charge in [0.25, 0.3) is 0 Å². The number of aromatic hydroxyl groups is 1. The number of phenols is 1. The lowest BCUT2D eigenvalue weighted by atomic mass is 9.68. The van der Waals surface area contributed by atoms with Crippen molar-refractivity contribution in [3.8, 4) is 17.1 Å². The number of carboxylic acid groups (broad SMARTS) is 1. The van der Waals surface area contributed by atoms with Crippen molar-refractivity contribution in [2.75, 3.05) is 5.32 Å². The minimum atomic E-state index is -1.22. The largest absolute Gasteiger partial charge is 0.507 e. The van der Waals surface area contributed by atoms with Gasteiger partial charge in [0.1, 0.15) is 28.9 Å². The number of rotatable bonds is 3. The number of fused-ring (bicyclic) bond motifs is 4. The van der Waals surface area contributed by atoms with Crippen molar-refractivity contribution in [3.05, 3.63) is 89.2 Å². The van der Waals surface area contributed by atoms with Crippen molar-refractivity contribution < 1.29 is 24.2 Å². The van der Waals surface area contributed by atoms with E-state index in [4.69, 9.17) is 4.42 Å². The Morgan fingerprint density at radius 1 is 1.03 bits per heavy atom. The molecule has 2 aliphatic rings. The zero-order valence-electron chi connectivity index (χ0n) is 20.0. The first-order valence-electron chi connectivity index (χ1n) is 11.9. The molecule has 0 radical (unpaired) electrons. The average molecular weight is 480 g/mol. The molecule has 4 aromatic rings.